The molecule has 0 aliphatic heterocycles. The molecule has 0 aromatic carbocycles. The van der Waals surface area contributed by atoms with Gasteiger partial charge in [0.05, 0.1) is 13.2 Å². The zero-order valence-corrected chi connectivity index (χ0v) is 21.7. The molecule has 0 aliphatic carbocycles. The Morgan fingerprint density at radius 1 is 0.778 bits per heavy atom. The maximum Gasteiger partial charge on any atom is 0.191 e. The van der Waals surface area contributed by atoms with Crippen LogP contribution in [0.25, 0.3) is 0 Å². The summed E-state index contributed by atoms with van der Waals surface area (Å²) >= 11 is 3.43. The van der Waals surface area contributed by atoms with Crippen molar-refractivity contribution in [2.24, 2.45) is 5.92 Å². The van der Waals surface area contributed by atoms with E-state index in [9.17, 15) is 4.79 Å². The van der Waals surface area contributed by atoms with Crippen molar-refractivity contribution in [1.29, 1.82) is 0 Å². The first-order valence-electron chi connectivity index (χ1n) is 10.2. The van der Waals surface area contributed by atoms with E-state index in [-0.39, 0.29) is 11.0 Å². The van der Waals surface area contributed by atoms with E-state index in [0.29, 0.717) is 30.8 Å². The monoisotopic (exact) mass is 438 g/mol. The van der Waals surface area contributed by atoms with Gasteiger partial charge in [-0.2, -0.15) is 0 Å². The maximum absolute atomic E-state index is 11.6. The summed E-state index contributed by atoms with van der Waals surface area (Å²) in [6, 6.07) is 2.07. The number of ether oxygens (including phenoxy) is 1. The molecule has 162 valence electrons. The van der Waals surface area contributed by atoms with Gasteiger partial charge in [-0.05, 0) is 55.4 Å². The molecule has 0 fully saturated rings. The van der Waals surface area contributed by atoms with Gasteiger partial charge in [0.1, 0.15) is 7.42 Å². The Hall–Kier alpha value is 0.680. The smallest absolute Gasteiger partial charge is 0.191 e. The molecule has 0 N–H and O–H groups in total. The van der Waals surface area contributed by atoms with Crippen LogP contribution in [-0.2, 0) is 9.53 Å². The van der Waals surface area contributed by atoms with Crippen molar-refractivity contribution < 1.29 is 9.53 Å². The summed E-state index contributed by atoms with van der Waals surface area (Å²) in [7, 11) is -0.445. The zero-order valence-electron chi connectivity index (χ0n) is 19.2. The van der Waals surface area contributed by atoms with Gasteiger partial charge in [0, 0.05) is 41.6 Å². The largest absolute Gasteiger partial charge is 0.380 e. The highest BCUT2D eigenvalue weighted by Crippen LogP contribution is 2.59. The summed E-state index contributed by atoms with van der Waals surface area (Å²) in [5, 5.41) is 0.255. The molecule has 0 aromatic heterocycles. The zero-order chi connectivity index (χ0) is 21.1. The molecule has 0 aromatic rings. The molecule has 0 heterocycles. The highest BCUT2D eigenvalue weighted by atomic mass is 32.7. The molecule has 0 radical (unpaired) electrons. The Morgan fingerprint density at radius 3 is 1.56 bits per heavy atom. The van der Waals surface area contributed by atoms with E-state index in [1.54, 1.807) is 0 Å². The fraction of sp³-hybridized carbons (Fsp3) is 0.950. The average Bonchev–Trinajstić information content (AvgIpc) is 2.51. The first-order valence-corrected chi connectivity index (χ1v) is 14.1. The van der Waals surface area contributed by atoms with Crippen molar-refractivity contribution in [1.82, 2.24) is 9.34 Å². The van der Waals surface area contributed by atoms with Crippen LogP contribution in [0.3, 0.4) is 0 Å². The molecular weight excluding hydrogens is 395 g/mol. The van der Waals surface area contributed by atoms with Crippen LogP contribution in [0.4, 0.5) is 0 Å². The van der Waals surface area contributed by atoms with Gasteiger partial charge in [-0.1, -0.05) is 37.0 Å². The maximum atomic E-state index is 11.6. The Kier molecular flexibility index (Phi) is 15.0. The van der Waals surface area contributed by atoms with Gasteiger partial charge in [-0.3, -0.25) is 14.1 Å². The molecule has 27 heavy (non-hydrogen) atoms. The molecule has 0 atom stereocenters. The van der Waals surface area contributed by atoms with E-state index < -0.39 is 7.42 Å². The number of carbonyl (C=O) groups excluding carboxylic acids is 1. The molecule has 0 amide bonds. The minimum absolute atomic E-state index is 0.102. The third kappa shape index (κ3) is 10.9. The van der Waals surface area contributed by atoms with Crippen LogP contribution in [0.5, 0.6) is 0 Å². The Bertz CT molecular complexity index is 371. The summed E-state index contributed by atoms with van der Waals surface area (Å²) in [6.07, 6.45) is 0. The number of nitrogens with zero attached hydrogens (tertiary/aromatic N) is 2. The molecule has 0 saturated carbocycles. The molecule has 0 aliphatic rings. The van der Waals surface area contributed by atoms with Crippen LogP contribution in [0.1, 0.15) is 69.2 Å². The summed E-state index contributed by atoms with van der Waals surface area (Å²) < 4.78 is 11.1. The van der Waals surface area contributed by atoms with Crippen molar-refractivity contribution in [3.05, 3.63) is 0 Å². The quantitative estimate of drug-likeness (QED) is 0.240. The van der Waals surface area contributed by atoms with Gasteiger partial charge in [-0.15, -0.1) is 0 Å². The second kappa shape index (κ2) is 14.6. The average molecular weight is 439 g/mol. The molecular formula is C20H43N2O2PS2. The summed E-state index contributed by atoms with van der Waals surface area (Å²) in [5.74, 6) is 1.84. The standard InChI is InChI=1S/C20H43N2O2PS2/c1-15(2)20(23)26-13-11-24-12-14-27-25(21(16(3)4)17(5)6)22(18(7)8)19(9)10/h15-19H,11-14H2,1-10H3. The fourth-order valence-electron chi connectivity index (χ4n) is 2.88. The van der Waals surface area contributed by atoms with Gasteiger partial charge in [-0.25, -0.2) is 0 Å². The molecule has 7 heteroatoms. The van der Waals surface area contributed by atoms with Crippen LogP contribution < -0.4 is 0 Å². The van der Waals surface area contributed by atoms with E-state index in [2.05, 4.69) is 64.7 Å². The normalized spacial score (nSPS) is 13.0. The lowest BCUT2D eigenvalue weighted by Gasteiger charge is -2.46. The predicted octanol–water partition coefficient (Wildman–Crippen LogP) is 6.12. The lowest BCUT2D eigenvalue weighted by molar-refractivity contribution is -0.113. The first kappa shape index (κ1) is 27.7. The lowest BCUT2D eigenvalue weighted by Crippen LogP contribution is -2.41. The van der Waals surface area contributed by atoms with Crippen LogP contribution in [0.2, 0.25) is 0 Å². The minimum Gasteiger partial charge on any atom is -0.380 e. The van der Waals surface area contributed by atoms with Gasteiger partial charge >= 0.3 is 0 Å². The van der Waals surface area contributed by atoms with Crippen molar-refractivity contribution in [2.45, 2.75) is 93.4 Å². The van der Waals surface area contributed by atoms with Crippen LogP contribution >= 0.6 is 30.6 Å². The number of hydrogen-bond donors (Lipinski definition) is 0. The molecule has 4 nitrogen and oxygen atoms in total. The van der Waals surface area contributed by atoms with Gasteiger partial charge in [0.25, 0.3) is 0 Å². The number of hydrogen-bond acceptors (Lipinski definition) is 6. The first-order chi connectivity index (χ1) is 12.5. The van der Waals surface area contributed by atoms with Crippen LogP contribution in [-0.4, -0.2) is 63.3 Å². The van der Waals surface area contributed by atoms with Crippen molar-refractivity contribution in [3.8, 4) is 0 Å². The number of carbonyl (C=O) groups is 1. The van der Waals surface area contributed by atoms with E-state index in [0.717, 1.165) is 18.1 Å². The lowest BCUT2D eigenvalue weighted by atomic mass is 10.3. The Balaban J connectivity index is 4.67. The van der Waals surface area contributed by atoms with Crippen molar-refractivity contribution >= 4 is 35.7 Å². The van der Waals surface area contributed by atoms with E-state index in [1.807, 2.05) is 25.2 Å². The highest BCUT2D eigenvalue weighted by Gasteiger charge is 2.33. The van der Waals surface area contributed by atoms with E-state index in [1.165, 1.54) is 11.8 Å². The minimum atomic E-state index is -0.445. The van der Waals surface area contributed by atoms with Crippen molar-refractivity contribution in [2.75, 3.05) is 24.7 Å². The highest BCUT2D eigenvalue weighted by molar-refractivity contribution is 8.54. The van der Waals surface area contributed by atoms with Crippen molar-refractivity contribution in [3.63, 3.8) is 0 Å². The number of thioether (sulfide) groups is 1. The summed E-state index contributed by atoms with van der Waals surface area (Å²) in [4.78, 5) is 11.6. The third-order valence-electron chi connectivity index (χ3n) is 3.89. The Morgan fingerprint density at radius 2 is 1.19 bits per heavy atom. The van der Waals surface area contributed by atoms with E-state index >= 15 is 0 Å². The van der Waals surface area contributed by atoms with E-state index in [4.69, 9.17) is 4.74 Å². The fourth-order valence-corrected chi connectivity index (χ4v) is 9.84. The van der Waals surface area contributed by atoms with Gasteiger partial charge in [0.15, 0.2) is 5.12 Å². The van der Waals surface area contributed by atoms with Crippen LogP contribution in [0.15, 0.2) is 0 Å². The molecule has 0 spiro atoms. The molecule has 0 unspecified atom stereocenters. The van der Waals surface area contributed by atoms with Gasteiger partial charge in [0.2, 0.25) is 0 Å². The Labute approximate surface area is 178 Å². The predicted molar refractivity (Wildman–Crippen MR) is 127 cm³/mol. The summed E-state index contributed by atoms with van der Waals surface area (Å²) in [5.41, 5.74) is 0. The summed E-state index contributed by atoms with van der Waals surface area (Å²) in [6.45, 7) is 23.7. The van der Waals surface area contributed by atoms with Crippen LogP contribution in [0, 0.1) is 5.92 Å². The number of rotatable bonds is 14. The molecule has 0 rings (SSSR count). The van der Waals surface area contributed by atoms with Gasteiger partial charge < -0.3 is 4.74 Å². The second-order valence-corrected chi connectivity index (χ2v) is 13.1. The molecule has 0 saturated heterocycles. The third-order valence-corrected chi connectivity index (χ3v) is 10.6. The second-order valence-electron chi connectivity index (χ2n) is 8.16. The topological polar surface area (TPSA) is 32.8 Å². The SMILES string of the molecule is CC(C)C(=O)SCCOCCSP(N(C(C)C)C(C)C)N(C(C)C)C(C)C. The molecule has 0 bridgehead atoms.